The Hall–Kier alpha value is -0.770. The normalized spacial score (nSPS) is 18.4. The van der Waals surface area contributed by atoms with Gasteiger partial charge >= 0.3 is 0 Å². The van der Waals surface area contributed by atoms with E-state index in [1.807, 2.05) is 24.3 Å². The highest BCUT2D eigenvalue weighted by molar-refractivity contribution is 6.30. The zero-order valence-electron chi connectivity index (χ0n) is 12.3. The van der Waals surface area contributed by atoms with E-state index in [2.05, 4.69) is 5.32 Å². The maximum atomic E-state index is 12.0. The van der Waals surface area contributed by atoms with Gasteiger partial charge in [-0.15, -0.1) is 12.4 Å². The van der Waals surface area contributed by atoms with Gasteiger partial charge in [-0.1, -0.05) is 43.0 Å². The Balaban J connectivity index is 0.00000220. The number of halogens is 2. The zero-order chi connectivity index (χ0) is 14.5. The topological polar surface area (TPSA) is 55.1 Å². The molecule has 0 radical (unpaired) electrons. The van der Waals surface area contributed by atoms with Crippen molar-refractivity contribution in [2.45, 2.75) is 51.1 Å². The fraction of sp³-hybridized carbons (Fsp3) is 0.562. The minimum Gasteiger partial charge on any atom is -0.348 e. The van der Waals surface area contributed by atoms with Gasteiger partial charge in [-0.05, 0) is 43.4 Å². The predicted molar refractivity (Wildman–Crippen MR) is 89.8 cm³/mol. The average Bonchev–Trinajstić information content (AvgIpc) is 2.45. The number of carbonyl (C=O) groups excluding carboxylic acids is 1. The molecule has 1 unspecified atom stereocenters. The SMILES string of the molecule is C[C@@H](N)C(=O)NC(c1cccc(Cl)c1)C1CCCCC1.Cl. The number of amides is 1. The molecule has 0 bridgehead atoms. The van der Waals surface area contributed by atoms with E-state index in [0.29, 0.717) is 10.9 Å². The number of rotatable bonds is 4. The van der Waals surface area contributed by atoms with Crippen molar-refractivity contribution in [3.05, 3.63) is 34.9 Å². The Kier molecular flexibility index (Phi) is 7.50. The number of hydrogen-bond acceptors (Lipinski definition) is 2. The molecule has 1 saturated carbocycles. The lowest BCUT2D eigenvalue weighted by atomic mass is 9.81. The molecule has 1 fully saturated rings. The first kappa shape index (κ1) is 18.3. The van der Waals surface area contributed by atoms with Gasteiger partial charge in [0.25, 0.3) is 0 Å². The van der Waals surface area contributed by atoms with Crippen LogP contribution >= 0.6 is 24.0 Å². The minimum absolute atomic E-state index is 0. The third kappa shape index (κ3) is 5.17. The summed E-state index contributed by atoms with van der Waals surface area (Å²) in [4.78, 5) is 12.0. The lowest BCUT2D eigenvalue weighted by molar-refractivity contribution is -0.123. The van der Waals surface area contributed by atoms with E-state index in [0.717, 1.165) is 18.4 Å². The van der Waals surface area contributed by atoms with Gasteiger partial charge in [0.05, 0.1) is 12.1 Å². The van der Waals surface area contributed by atoms with Gasteiger partial charge in [-0.25, -0.2) is 0 Å². The second-order valence-corrected chi connectivity index (χ2v) is 6.16. The van der Waals surface area contributed by atoms with Crippen LogP contribution < -0.4 is 11.1 Å². The number of nitrogens with one attached hydrogen (secondary N) is 1. The van der Waals surface area contributed by atoms with Crippen LogP contribution in [0.5, 0.6) is 0 Å². The van der Waals surface area contributed by atoms with Gasteiger partial charge < -0.3 is 11.1 Å². The molecule has 0 heterocycles. The predicted octanol–water partition coefficient (Wildman–Crippen LogP) is 3.85. The molecule has 21 heavy (non-hydrogen) atoms. The lowest BCUT2D eigenvalue weighted by Gasteiger charge is -2.32. The van der Waals surface area contributed by atoms with E-state index in [1.165, 1.54) is 19.3 Å². The summed E-state index contributed by atoms with van der Waals surface area (Å²) in [7, 11) is 0. The maximum absolute atomic E-state index is 12.0. The van der Waals surface area contributed by atoms with Crippen LogP contribution in [0.4, 0.5) is 0 Å². The summed E-state index contributed by atoms with van der Waals surface area (Å²) < 4.78 is 0. The zero-order valence-corrected chi connectivity index (χ0v) is 13.9. The van der Waals surface area contributed by atoms with Gasteiger partial charge in [-0.2, -0.15) is 0 Å². The largest absolute Gasteiger partial charge is 0.348 e. The van der Waals surface area contributed by atoms with Gasteiger partial charge in [0.15, 0.2) is 0 Å². The summed E-state index contributed by atoms with van der Waals surface area (Å²) in [5.41, 5.74) is 6.77. The highest BCUT2D eigenvalue weighted by Gasteiger charge is 2.27. The van der Waals surface area contributed by atoms with Crippen LogP contribution in [0.2, 0.25) is 5.02 Å². The van der Waals surface area contributed by atoms with Crippen LogP contribution in [-0.4, -0.2) is 11.9 Å². The van der Waals surface area contributed by atoms with Crippen molar-refractivity contribution in [2.24, 2.45) is 11.7 Å². The van der Waals surface area contributed by atoms with Crippen molar-refractivity contribution < 1.29 is 4.79 Å². The highest BCUT2D eigenvalue weighted by Crippen LogP contribution is 2.35. The molecule has 0 spiro atoms. The van der Waals surface area contributed by atoms with Crippen LogP contribution in [0, 0.1) is 5.92 Å². The van der Waals surface area contributed by atoms with Crippen LogP contribution in [0.1, 0.15) is 50.6 Å². The van der Waals surface area contributed by atoms with Crippen molar-refractivity contribution in [2.75, 3.05) is 0 Å². The van der Waals surface area contributed by atoms with Crippen LogP contribution in [0.15, 0.2) is 24.3 Å². The van der Waals surface area contributed by atoms with Gasteiger partial charge in [0.1, 0.15) is 0 Å². The van der Waals surface area contributed by atoms with Crippen molar-refractivity contribution in [3.63, 3.8) is 0 Å². The average molecular weight is 331 g/mol. The van der Waals surface area contributed by atoms with E-state index in [-0.39, 0.29) is 24.4 Å². The fourth-order valence-electron chi connectivity index (χ4n) is 2.93. The number of hydrogen-bond donors (Lipinski definition) is 2. The van der Waals surface area contributed by atoms with Gasteiger partial charge in [-0.3, -0.25) is 4.79 Å². The standard InChI is InChI=1S/C16H23ClN2O.ClH/c1-11(18)16(20)19-15(12-6-3-2-4-7-12)13-8-5-9-14(17)10-13;/h5,8-12,15H,2-4,6-7,18H2,1H3,(H,19,20);1H/t11-,15?;/m1./s1. The van der Waals surface area contributed by atoms with Gasteiger partial charge in [0, 0.05) is 5.02 Å². The molecule has 1 aliphatic rings. The Labute approximate surface area is 138 Å². The molecule has 3 N–H and O–H groups in total. The van der Waals surface area contributed by atoms with Gasteiger partial charge in [0.2, 0.25) is 5.91 Å². The second kappa shape index (κ2) is 8.62. The quantitative estimate of drug-likeness (QED) is 0.880. The van der Waals surface area contributed by atoms with E-state index in [1.54, 1.807) is 6.92 Å². The van der Waals surface area contributed by atoms with E-state index < -0.39 is 6.04 Å². The van der Waals surface area contributed by atoms with Crippen molar-refractivity contribution >= 4 is 29.9 Å². The molecule has 1 aromatic rings. The lowest BCUT2D eigenvalue weighted by Crippen LogP contribution is -2.42. The minimum atomic E-state index is -0.486. The summed E-state index contributed by atoms with van der Waals surface area (Å²) in [6, 6.07) is 7.31. The van der Waals surface area contributed by atoms with Crippen LogP contribution in [0.25, 0.3) is 0 Å². The first-order chi connectivity index (χ1) is 9.58. The van der Waals surface area contributed by atoms with E-state index in [9.17, 15) is 4.79 Å². The monoisotopic (exact) mass is 330 g/mol. The summed E-state index contributed by atoms with van der Waals surface area (Å²) in [6.07, 6.45) is 6.05. The van der Waals surface area contributed by atoms with Crippen molar-refractivity contribution in [3.8, 4) is 0 Å². The Bertz CT molecular complexity index is 459. The van der Waals surface area contributed by atoms with Crippen LogP contribution in [0.3, 0.4) is 0 Å². The Morgan fingerprint density at radius 1 is 1.33 bits per heavy atom. The number of carbonyl (C=O) groups is 1. The highest BCUT2D eigenvalue weighted by atomic mass is 35.5. The molecular weight excluding hydrogens is 307 g/mol. The third-order valence-corrected chi connectivity index (χ3v) is 4.28. The van der Waals surface area contributed by atoms with Crippen LogP contribution in [-0.2, 0) is 4.79 Å². The summed E-state index contributed by atoms with van der Waals surface area (Å²) in [5.74, 6) is 0.380. The van der Waals surface area contributed by atoms with E-state index >= 15 is 0 Å². The smallest absolute Gasteiger partial charge is 0.237 e. The third-order valence-electron chi connectivity index (χ3n) is 4.04. The number of benzene rings is 1. The molecular formula is C16H24Cl2N2O. The first-order valence-electron chi connectivity index (χ1n) is 7.39. The Morgan fingerprint density at radius 2 is 2.00 bits per heavy atom. The fourth-order valence-corrected chi connectivity index (χ4v) is 3.12. The second-order valence-electron chi connectivity index (χ2n) is 5.73. The molecule has 2 atom stereocenters. The molecule has 0 saturated heterocycles. The summed E-state index contributed by atoms with van der Waals surface area (Å²) in [6.45, 7) is 1.71. The first-order valence-corrected chi connectivity index (χ1v) is 7.77. The van der Waals surface area contributed by atoms with Crippen molar-refractivity contribution in [1.29, 1.82) is 0 Å². The Morgan fingerprint density at radius 3 is 2.57 bits per heavy atom. The molecule has 1 amide bonds. The summed E-state index contributed by atoms with van der Waals surface area (Å²) in [5, 5.41) is 3.81. The molecule has 0 aromatic heterocycles. The molecule has 1 aliphatic carbocycles. The molecule has 5 heteroatoms. The molecule has 3 nitrogen and oxygen atoms in total. The van der Waals surface area contributed by atoms with E-state index in [4.69, 9.17) is 17.3 Å². The molecule has 1 aromatic carbocycles. The van der Waals surface area contributed by atoms with Crippen molar-refractivity contribution in [1.82, 2.24) is 5.32 Å². The maximum Gasteiger partial charge on any atom is 0.237 e. The molecule has 118 valence electrons. The number of nitrogens with two attached hydrogens (primary N) is 1. The summed E-state index contributed by atoms with van der Waals surface area (Å²) >= 11 is 6.09. The molecule has 2 rings (SSSR count). The molecule has 0 aliphatic heterocycles.